The first-order valence-electron chi connectivity index (χ1n) is 12.3. The van der Waals surface area contributed by atoms with E-state index in [-0.39, 0.29) is 5.56 Å². The molecule has 6 nitrogen and oxygen atoms in total. The maximum Gasteiger partial charge on any atom is 0.265 e. The quantitative estimate of drug-likeness (QED) is 0.458. The van der Waals surface area contributed by atoms with Crippen molar-refractivity contribution in [2.24, 2.45) is 5.92 Å². The zero-order valence-corrected chi connectivity index (χ0v) is 21.5. The number of amides is 1. The van der Waals surface area contributed by atoms with E-state index in [0.29, 0.717) is 29.8 Å². The monoisotopic (exact) mass is 519 g/mol. The van der Waals surface area contributed by atoms with Crippen molar-refractivity contribution >= 4 is 16.9 Å². The van der Waals surface area contributed by atoms with Crippen LogP contribution in [-0.4, -0.2) is 36.1 Å². The summed E-state index contributed by atoms with van der Waals surface area (Å²) in [6, 6.07) is 23.0. The number of rotatable bonds is 8. The van der Waals surface area contributed by atoms with Crippen LogP contribution in [0.3, 0.4) is 0 Å². The van der Waals surface area contributed by atoms with Crippen molar-refractivity contribution in [2.45, 2.75) is 25.2 Å². The van der Waals surface area contributed by atoms with Crippen LogP contribution in [0.2, 0.25) is 0 Å². The Balaban J connectivity index is 0.000000186. The minimum Gasteiger partial charge on any atom is -0.493 e. The van der Waals surface area contributed by atoms with Gasteiger partial charge in [-0.2, -0.15) is 5.26 Å². The Bertz CT molecular complexity index is 1280. The summed E-state index contributed by atoms with van der Waals surface area (Å²) >= 11 is 0. The highest BCUT2D eigenvalue weighted by atomic mass is 32.2. The van der Waals surface area contributed by atoms with Crippen molar-refractivity contribution in [1.29, 1.82) is 5.26 Å². The van der Waals surface area contributed by atoms with Gasteiger partial charge in [-0.05, 0) is 60.1 Å². The molecule has 2 aliphatic rings. The summed E-state index contributed by atoms with van der Waals surface area (Å²) in [6.45, 7) is 2.39. The van der Waals surface area contributed by atoms with Crippen LogP contribution in [-0.2, 0) is 17.4 Å². The standard InChI is InChI=1S/C15H19FN2O3S.C14H11N/c1-22(20)18-15(19)12-4-11(10-2-3-10)14(5-13(12)16)21-8-9-6-17-7-9;15-11-14-8-6-13(7-9-14)10-12-4-2-1-3-5-12/h4-5,9-10,17H,2-3,6-8H2,1H3,(H,18,19);1-9H,10H2. The number of carbonyl (C=O) groups is 1. The second-order valence-electron chi connectivity index (χ2n) is 9.34. The minimum atomic E-state index is -1.52. The number of carbonyl (C=O) groups excluding carboxylic acids is 1. The molecule has 1 aliphatic heterocycles. The van der Waals surface area contributed by atoms with Gasteiger partial charge in [0.15, 0.2) is 0 Å². The van der Waals surface area contributed by atoms with Gasteiger partial charge in [0.25, 0.3) is 5.91 Å². The van der Waals surface area contributed by atoms with Crippen molar-refractivity contribution < 1.29 is 18.1 Å². The molecule has 192 valence electrons. The molecule has 5 rings (SSSR count). The first kappa shape index (κ1) is 26.5. The third-order valence-electron chi connectivity index (χ3n) is 6.27. The molecule has 2 fully saturated rings. The van der Waals surface area contributed by atoms with E-state index < -0.39 is 22.7 Å². The number of benzene rings is 3. The number of hydrogen-bond donors (Lipinski definition) is 2. The molecule has 0 bridgehead atoms. The molecule has 1 atom stereocenters. The second-order valence-corrected chi connectivity index (χ2v) is 10.4. The third-order valence-corrected chi connectivity index (χ3v) is 6.75. The predicted molar refractivity (Wildman–Crippen MR) is 142 cm³/mol. The molecular formula is C29H30FN3O3S. The molecule has 1 amide bonds. The van der Waals surface area contributed by atoms with E-state index in [9.17, 15) is 13.4 Å². The van der Waals surface area contributed by atoms with Gasteiger partial charge in [-0.15, -0.1) is 0 Å². The van der Waals surface area contributed by atoms with Gasteiger partial charge >= 0.3 is 0 Å². The number of ether oxygens (including phenoxy) is 1. The van der Waals surface area contributed by atoms with Crippen LogP contribution in [0.1, 0.15) is 51.4 Å². The third kappa shape index (κ3) is 7.72. The first-order chi connectivity index (χ1) is 17.9. The van der Waals surface area contributed by atoms with E-state index in [2.05, 4.69) is 28.2 Å². The fourth-order valence-corrected chi connectivity index (χ4v) is 4.34. The summed E-state index contributed by atoms with van der Waals surface area (Å²) in [7, 11) is -1.52. The Kier molecular flexibility index (Phi) is 9.04. The average molecular weight is 520 g/mol. The van der Waals surface area contributed by atoms with Gasteiger partial charge in [-0.25, -0.2) is 8.60 Å². The van der Waals surface area contributed by atoms with Gasteiger partial charge in [0.1, 0.15) is 22.6 Å². The van der Waals surface area contributed by atoms with Gasteiger partial charge in [-0.3, -0.25) is 9.52 Å². The SMILES string of the molecule is CS(=O)NC(=O)c1cc(C2CC2)c(OCC2CNC2)cc1F.N#Cc1ccc(Cc2ccccc2)cc1. The van der Waals surface area contributed by atoms with Gasteiger partial charge in [-0.1, -0.05) is 42.5 Å². The van der Waals surface area contributed by atoms with Crippen LogP contribution >= 0.6 is 0 Å². The van der Waals surface area contributed by atoms with Gasteiger partial charge in [0, 0.05) is 31.3 Å². The van der Waals surface area contributed by atoms with E-state index in [1.165, 1.54) is 23.4 Å². The van der Waals surface area contributed by atoms with Crippen molar-refractivity contribution in [1.82, 2.24) is 10.0 Å². The number of nitriles is 1. The maximum atomic E-state index is 14.2. The topological polar surface area (TPSA) is 91.2 Å². The summed E-state index contributed by atoms with van der Waals surface area (Å²) in [4.78, 5) is 11.9. The molecule has 2 N–H and O–H groups in total. The van der Waals surface area contributed by atoms with Crippen molar-refractivity contribution in [3.63, 3.8) is 0 Å². The highest BCUT2D eigenvalue weighted by Gasteiger charge is 2.30. The molecule has 3 aromatic carbocycles. The van der Waals surface area contributed by atoms with Crippen molar-refractivity contribution in [2.75, 3.05) is 26.0 Å². The first-order valence-corrected chi connectivity index (χ1v) is 13.8. The van der Waals surface area contributed by atoms with Crippen LogP contribution < -0.4 is 14.8 Å². The molecule has 0 spiro atoms. The number of nitrogens with zero attached hydrogens (tertiary/aromatic N) is 1. The Morgan fingerprint density at radius 3 is 2.35 bits per heavy atom. The molecule has 0 radical (unpaired) electrons. The summed E-state index contributed by atoms with van der Waals surface area (Å²) in [6.07, 6.45) is 4.30. The molecule has 1 saturated heterocycles. The molecule has 37 heavy (non-hydrogen) atoms. The average Bonchev–Trinajstić information content (AvgIpc) is 3.70. The Hall–Kier alpha value is -3.54. The Morgan fingerprint density at radius 1 is 1.11 bits per heavy atom. The predicted octanol–water partition coefficient (Wildman–Crippen LogP) is 4.47. The van der Waals surface area contributed by atoms with Gasteiger partial charge in [0.2, 0.25) is 0 Å². The van der Waals surface area contributed by atoms with E-state index >= 15 is 0 Å². The molecule has 1 heterocycles. The van der Waals surface area contributed by atoms with Crippen LogP contribution in [0, 0.1) is 23.1 Å². The van der Waals surface area contributed by atoms with Crippen molar-refractivity contribution in [3.05, 3.63) is 100 Å². The van der Waals surface area contributed by atoms with Crippen LogP contribution in [0.4, 0.5) is 4.39 Å². The minimum absolute atomic E-state index is 0.0743. The maximum absolute atomic E-state index is 14.2. The largest absolute Gasteiger partial charge is 0.493 e. The molecule has 8 heteroatoms. The second kappa shape index (κ2) is 12.6. The van der Waals surface area contributed by atoms with E-state index in [0.717, 1.165) is 37.9 Å². The summed E-state index contributed by atoms with van der Waals surface area (Å²) in [5, 5.41) is 11.8. The summed E-state index contributed by atoms with van der Waals surface area (Å²) in [5.74, 6) is 0.0134. The van der Waals surface area contributed by atoms with Gasteiger partial charge in [0.05, 0.1) is 23.8 Å². The fraction of sp³-hybridized carbons (Fsp3) is 0.310. The lowest BCUT2D eigenvalue weighted by Crippen LogP contribution is -2.45. The van der Waals surface area contributed by atoms with E-state index in [4.69, 9.17) is 10.00 Å². The normalized spacial score (nSPS) is 15.4. The number of nitrogens with one attached hydrogen (secondary N) is 2. The lowest BCUT2D eigenvalue weighted by Gasteiger charge is -2.27. The fourth-order valence-electron chi connectivity index (χ4n) is 3.97. The zero-order valence-electron chi connectivity index (χ0n) is 20.7. The molecule has 1 unspecified atom stereocenters. The summed E-state index contributed by atoms with van der Waals surface area (Å²) < 4.78 is 33.2. The Morgan fingerprint density at radius 2 is 1.78 bits per heavy atom. The Labute approximate surface area is 219 Å². The number of hydrogen-bond acceptors (Lipinski definition) is 5. The smallest absolute Gasteiger partial charge is 0.265 e. The zero-order chi connectivity index (χ0) is 26.2. The summed E-state index contributed by atoms with van der Waals surface area (Å²) in [5.41, 5.74) is 4.05. The van der Waals surface area contributed by atoms with E-state index in [1.54, 1.807) is 6.07 Å². The lowest BCUT2D eigenvalue weighted by molar-refractivity contribution is 0.0979. The molecule has 1 saturated carbocycles. The molecular weight excluding hydrogens is 489 g/mol. The van der Waals surface area contributed by atoms with Crippen LogP contribution in [0.25, 0.3) is 0 Å². The number of halogens is 1. The van der Waals surface area contributed by atoms with Crippen molar-refractivity contribution in [3.8, 4) is 11.8 Å². The highest BCUT2D eigenvalue weighted by molar-refractivity contribution is 7.82. The van der Waals surface area contributed by atoms with Crippen LogP contribution in [0.15, 0.2) is 66.7 Å². The highest BCUT2D eigenvalue weighted by Crippen LogP contribution is 2.45. The van der Waals surface area contributed by atoms with E-state index in [1.807, 2.05) is 42.5 Å². The molecule has 0 aromatic heterocycles. The lowest BCUT2D eigenvalue weighted by atomic mass is 10.0. The molecule has 3 aromatic rings. The van der Waals surface area contributed by atoms with Crippen LogP contribution in [0.5, 0.6) is 5.75 Å². The van der Waals surface area contributed by atoms with Gasteiger partial charge < -0.3 is 10.1 Å². The molecule has 1 aliphatic carbocycles.